The van der Waals surface area contributed by atoms with Gasteiger partial charge in [-0.3, -0.25) is 4.90 Å². The maximum Gasteiger partial charge on any atom is 0.104 e. The van der Waals surface area contributed by atoms with Gasteiger partial charge in [-0.2, -0.15) is 0 Å². The highest BCUT2D eigenvalue weighted by Gasteiger charge is 2.06. The third kappa shape index (κ3) is 6.05. The molecule has 0 aromatic heterocycles. The van der Waals surface area contributed by atoms with Gasteiger partial charge in [-0.25, -0.2) is 0 Å². The molecule has 2 nitrogen and oxygen atoms in total. The summed E-state index contributed by atoms with van der Waals surface area (Å²) >= 11 is 0. The summed E-state index contributed by atoms with van der Waals surface area (Å²) in [7, 11) is 1.97. The Labute approximate surface area is 82.9 Å². The second-order valence-corrected chi connectivity index (χ2v) is 3.94. The third-order valence-corrected chi connectivity index (χ3v) is 2.92. The smallest absolute Gasteiger partial charge is 0.104 e. The van der Waals surface area contributed by atoms with Crippen molar-refractivity contribution >= 4 is 0 Å². The van der Waals surface area contributed by atoms with Crippen LogP contribution >= 0.6 is 0 Å². The fraction of sp³-hybridized carbons (Fsp3) is 1.00. The molecule has 0 radical (unpaired) electrons. The van der Waals surface area contributed by atoms with Gasteiger partial charge in [0.1, 0.15) is 6.23 Å². The van der Waals surface area contributed by atoms with Gasteiger partial charge in [-0.15, -0.1) is 0 Å². The molecule has 0 fully saturated rings. The van der Waals surface area contributed by atoms with Gasteiger partial charge in [0, 0.05) is 6.54 Å². The summed E-state index contributed by atoms with van der Waals surface area (Å²) in [4.78, 5) is 1.99. The molecule has 0 amide bonds. The Balaban J connectivity index is 3.43. The van der Waals surface area contributed by atoms with E-state index in [0.717, 1.165) is 12.5 Å². The van der Waals surface area contributed by atoms with Gasteiger partial charge < -0.3 is 5.11 Å². The number of hydrogen-bond acceptors (Lipinski definition) is 2. The average molecular weight is 187 g/mol. The Morgan fingerprint density at radius 3 is 2.15 bits per heavy atom. The second kappa shape index (κ2) is 7.34. The van der Waals surface area contributed by atoms with Crippen LogP contribution in [0.5, 0.6) is 0 Å². The highest BCUT2D eigenvalue weighted by Crippen LogP contribution is 2.14. The van der Waals surface area contributed by atoms with Gasteiger partial charge in [0.25, 0.3) is 0 Å². The summed E-state index contributed by atoms with van der Waals surface area (Å²) in [5, 5.41) is 9.23. The Bertz CT molecular complexity index is 109. The molecule has 0 aliphatic heterocycles. The first-order chi connectivity index (χ1) is 6.11. The first-order valence-electron chi connectivity index (χ1n) is 5.50. The van der Waals surface area contributed by atoms with Gasteiger partial charge >= 0.3 is 0 Å². The van der Waals surface area contributed by atoms with Crippen LogP contribution in [0.15, 0.2) is 0 Å². The fourth-order valence-electron chi connectivity index (χ4n) is 1.51. The molecule has 0 aliphatic carbocycles. The van der Waals surface area contributed by atoms with Crippen LogP contribution in [0.3, 0.4) is 0 Å². The Hall–Kier alpha value is -0.0800. The van der Waals surface area contributed by atoms with Crippen molar-refractivity contribution in [3.63, 3.8) is 0 Å². The molecule has 1 atom stereocenters. The van der Waals surface area contributed by atoms with Crippen LogP contribution in [0.2, 0.25) is 0 Å². The molecular weight excluding hydrogens is 162 g/mol. The van der Waals surface area contributed by atoms with E-state index in [2.05, 4.69) is 13.8 Å². The molecule has 1 unspecified atom stereocenters. The molecule has 0 spiro atoms. The summed E-state index contributed by atoms with van der Waals surface area (Å²) in [6.07, 6.45) is 4.77. The summed E-state index contributed by atoms with van der Waals surface area (Å²) in [6, 6.07) is 0. The van der Waals surface area contributed by atoms with E-state index < -0.39 is 0 Å². The van der Waals surface area contributed by atoms with Crippen LogP contribution in [0.1, 0.15) is 46.5 Å². The number of aliphatic hydroxyl groups is 1. The van der Waals surface area contributed by atoms with E-state index in [9.17, 15) is 5.11 Å². The summed E-state index contributed by atoms with van der Waals surface area (Å²) in [5.41, 5.74) is 0. The Morgan fingerprint density at radius 2 is 1.77 bits per heavy atom. The molecule has 0 saturated heterocycles. The number of nitrogens with zero attached hydrogens (tertiary/aromatic N) is 1. The van der Waals surface area contributed by atoms with Crippen molar-refractivity contribution in [3.05, 3.63) is 0 Å². The molecule has 0 bridgehead atoms. The highest BCUT2D eigenvalue weighted by atomic mass is 16.3. The molecule has 0 aliphatic rings. The van der Waals surface area contributed by atoms with E-state index in [-0.39, 0.29) is 6.23 Å². The summed E-state index contributed by atoms with van der Waals surface area (Å²) in [6.45, 7) is 7.34. The zero-order chi connectivity index (χ0) is 10.3. The molecule has 13 heavy (non-hydrogen) atoms. The van der Waals surface area contributed by atoms with Crippen molar-refractivity contribution in [3.8, 4) is 0 Å². The van der Waals surface area contributed by atoms with Crippen LogP contribution in [-0.4, -0.2) is 29.8 Å². The lowest BCUT2D eigenvalue weighted by molar-refractivity contribution is 0.0366. The summed E-state index contributed by atoms with van der Waals surface area (Å²) in [5.74, 6) is 0.877. The van der Waals surface area contributed by atoms with Crippen LogP contribution in [0, 0.1) is 5.92 Å². The maximum absolute atomic E-state index is 9.23. The van der Waals surface area contributed by atoms with Crippen LogP contribution in [0.25, 0.3) is 0 Å². The van der Waals surface area contributed by atoms with Crippen molar-refractivity contribution in [2.24, 2.45) is 5.92 Å². The lowest BCUT2D eigenvalue weighted by atomic mass is 9.97. The molecule has 0 rings (SSSR count). The molecule has 80 valence electrons. The van der Waals surface area contributed by atoms with Gasteiger partial charge in [-0.05, 0) is 32.7 Å². The van der Waals surface area contributed by atoms with Gasteiger partial charge in [0.05, 0.1) is 0 Å². The second-order valence-electron chi connectivity index (χ2n) is 3.94. The Morgan fingerprint density at radius 1 is 1.23 bits per heavy atom. The summed E-state index contributed by atoms with van der Waals surface area (Å²) < 4.78 is 0. The third-order valence-electron chi connectivity index (χ3n) is 2.92. The standard InChI is InChI=1S/C11H25NO/c1-5-11(6-2)8-7-9-12(4)10(3)13/h10-11,13H,5-9H2,1-4H3. The monoisotopic (exact) mass is 187 g/mol. The molecule has 2 heteroatoms. The lowest BCUT2D eigenvalue weighted by Gasteiger charge is -2.20. The van der Waals surface area contributed by atoms with E-state index in [4.69, 9.17) is 0 Å². The first kappa shape index (κ1) is 12.9. The van der Waals surface area contributed by atoms with Crippen molar-refractivity contribution in [1.82, 2.24) is 4.90 Å². The minimum atomic E-state index is -0.304. The van der Waals surface area contributed by atoms with Crippen LogP contribution in [-0.2, 0) is 0 Å². The highest BCUT2D eigenvalue weighted by molar-refractivity contribution is 4.58. The zero-order valence-corrected chi connectivity index (χ0v) is 9.58. The van der Waals surface area contributed by atoms with Gasteiger partial charge in [0.2, 0.25) is 0 Å². The Kier molecular flexibility index (Phi) is 7.29. The predicted octanol–water partition coefficient (Wildman–Crippen LogP) is 2.47. The minimum absolute atomic E-state index is 0.304. The minimum Gasteiger partial charge on any atom is -0.379 e. The fourth-order valence-corrected chi connectivity index (χ4v) is 1.51. The van der Waals surface area contributed by atoms with E-state index in [1.165, 1.54) is 25.7 Å². The molecule has 1 N–H and O–H groups in total. The predicted molar refractivity (Wildman–Crippen MR) is 57.6 cm³/mol. The lowest BCUT2D eigenvalue weighted by Crippen LogP contribution is -2.29. The van der Waals surface area contributed by atoms with Crippen LogP contribution < -0.4 is 0 Å². The van der Waals surface area contributed by atoms with Crippen molar-refractivity contribution in [2.75, 3.05) is 13.6 Å². The van der Waals surface area contributed by atoms with E-state index >= 15 is 0 Å². The molecular formula is C11H25NO. The van der Waals surface area contributed by atoms with Crippen molar-refractivity contribution < 1.29 is 5.11 Å². The molecule has 0 heterocycles. The number of hydrogen-bond donors (Lipinski definition) is 1. The maximum atomic E-state index is 9.23. The van der Waals surface area contributed by atoms with Gasteiger partial charge in [0.15, 0.2) is 0 Å². The SMILES string of the molecule is CCC(CC)CCCN(C)C(C)O. The van der Waals surface area contributed by atoms with E-state index in [1.54, 1.807) is 0 Å². The average Bonchev–Trinajstić information content (AvgIpc) is 2.12. The van der Waals surface area contributed by atoms with Gasteiger partial charge in [-0.1, -0.05) is 26.7 Å². The molecule has 0 aromatic rings. The topological polar surface area (TPSA) is 23.5 Å². The van der Waals surface area contributed by atoms with E-state index in [0.29, 0.717) is 0 Å². The van der Waals surface area contributed by atoms with Crippen molar-refractivity contribution in [1.29, 1.82) is 0 Å². The number of aliphatic hydroxyl groups excluding tert-OH is 1. The van der Waals surface area contributed by atoms with Crippen molar-refractivity contribution in [2.45, 2.75) is 52.7 Å². The molecule has 0 aromatic carbocycles. The first-order valence-corrected chi connectivity index (χ1v) is 5.50. The molecule has 0 saturated carbocycles. The quantitative estimate of drug-likeness (QED) is 0.619. The zero-order valence-electron chi connectivity index (χ0n) is 9.58. The number of rotatable bonds is 7. The van der Waals surface area contributed by atoms with Crippen LogP contribution in [0.4, 0.5) is 0 Å². The largest absolute Gasteiger partial charge is 0.379 e. The van der Waals surface area contributed by atoms with E-state index in [1.807, 2.05) is 18.9 Å². The normalized spacial score (nSPS) is 14.1.